The first kappa shape index (κ1) is 26.7. The average Bonchev–Trinajstić information content (AvgIpc) is 3.53. The van der Waals surface area contributed by atoms with Gasteiger partial charge < -0.3 is 4.90 Å². The van der Waals surface area contributed by atoms with E-state index in [0.29, 0.717) is 0 Å². The van der Waals surface area contributed by atoms with Gasteiger partial charge in [-0.3, -0.25) is 0 Å². The van der Waals surface area contributed by atoms with Gasteiger partial charge in [-0.15, -0.1) is 11.3 Å². The van der Waals surface area contributed by atoms with Crippen molar-refractivity contribution in [2.24, 2.45) is 0 Å². The Morgan fingerprint density at radius 1 is 0.391 bits per heavy atom. The van der Waals surface area contributed by atoms with Crippen molar-refractivity contribution in [1.29, 1.82) is 0 Å². The molecule has 0 fully saturated rings. The van der Waals surface area contributed by atoms with Gasteiger partial charge >= 0.3 is 0 Å². The van der Waals surface area contributed by atoms with Crippen LogP contribution in [-0.4, -0.2) is 0 Å². The minimum Gasteiger partial charge on any atom is -0.310 e. The molecule has 0 saturated carbocycles. The number of hydrogen-bond donors (Lipinski definition) is 0. The summed E-state index contributed by atoms with van der Waals surface area (Å²) >= 11 is 1.89. The predicted molar refractivity (Wildman–Crippen MR) is 200 cm³/mol. The van der Waals surface area contributed by atoms with Gasteiger partial charge in [0.15, 0.2) is 0 Å². The predicted octanol–water partition coefficient (Wildman–Crippen LogP) is 13.2. The Morgan fingerprint density at radius 3 is 1.72 bits per heavy atom. The summed E-state index contributed by atoms with van der Waals surface area (Å²) in [5, 5.41) is 7.66. The van der Waals surface area contributed by atoms with Gasteiger partial charge in [0, 0.05) is 31.5 Å². The lowest BCUT2D eigenvalue weighted by atomic mass is 9.97. The van der Waals surface area contributed by atoms with Crippen LogP contribution in [0.4, 0.5) is 17.1 Å². The van der Waals surface area contributed by atoms with Crippen LogP contribution >= 0.6 is 11.3 Å². The smallest absolute Gasteiger partial charge is 0.0561 e. The van der Waals surface area contributed by atoms with Crippen LogP contribution < -0.4 is 4.90 Å². The van der Waals surface area contributed by atoms with E-state index in [2.05, 4.69) is 181 Å². The van der Waals surface area contributed by atoms with Gasteiger partial charge in [0.1, 0.15) is 0 Å². The topological polar surface area (TPSA) is 3.24 Å². The van der Waals surface area contributed by atoms with E-state index in [1.54, 1.807) is 0 Å². The van der Waals surface area contributed by atoms with Crippen LogP contribution in [-0.2, 0) is 0 Å². The fourth-order valence-electron chi connectivity index (χ4n) is 6.84. The number of nitrogens with zero attached hydrogens (tertiary/aromatic N) is 1. The van der Waals surface area contributed by atoms with Crippen molar-refractivity contribution < 1.29 is 0 Å². The lowest BCUT2D eigenvalue weighted by Gasteiger charge is -2.27. The monoisotopic (exact) mass is 603 g/mol. The van der Waals surface area contributed by atoms with Crippen molar-refractivity contribution >= 4 is 70.1 Å². The first-order valence-electron chi connectivity index (χ1n) is 15.7. The molecule has 0 N–H and O–H groups in total. The molecule has 0 aliphatic carbocycles. The summed E-state index contributed by atoms with van der Waals surface area (Å²) < 4.78 is 2.63. The van der Waals surface area contributed by atoms with E-state index >= 15 is 0 Å². The minimum atomic E-state index is 1.13. The van der Waals surface area contributed by atoms with Crippen molar-refractivity contribution in [2.45, 2.75) is 0 Å². The summed E-state index contributed by atoms with van der Waals surface area (Å²) in [6, 6.07) is 63.9. The molecule has 0 amide bonds. The van der Waals surface area contributed by atoms with Gasteiger partial charge in [-0.05, 0) is 80.2 Å². The third kappa shape index (κ3) is 4.46. The Balaban J connectivity index is 1.27. The molecule has 0 aliphatic rings. The van der Waals surface area contributed by atoms with E-state index in [9.17, 15) is 0 Å². The van der Waals surface area contributed by atoms with Gasteiger partial charge in [0.05, 0.1) is 5.69 Å². The maximum absolute atomic E-state index is 2.44. The number of fused-ring (bicyclic) bond motifs is 6. The van der Waals surface area contributed by atoms with Gasteiger partial charge in [-0.1, -0.05) is 140 Å². The van der Waals surface area contributed by atoms with Crippen molar-refractivity contribution in [3.8, 4) is 22.3 Å². The zero-order chi connectivity index (χ0) is 30.5. The Hall–Kier alpha value is -5.70. The third-order valence-corrected chi connectivity index (χ3v) is 10.3. The van der Waals surface area contributed by atoms with Crippen LogP contribution in [0.2, 0.25) is 0 Å². The minimum absolute atomic E-state index is 1.13. The molecule has 0 bridgehead atoms. The van der Waals surface area contributed by atoms with E-state index < -0.39 is 0 Å². The highest BCUT2D eigenvalue weighted by Crippen LogP contribution is 2.48. The molecule has 0 spiro atoms. The van der Waals surface area contributed by atoms with Crippen molar-refractivity contribution in [3.05, 3.63) is 176 Å². The molecular weight excluding hydrogens is 575 g/mol. The second-order valence-electron chi connectivity index (χ2n) is 11.7. The molecule has 2 heteroatoms. The van der Waals surface area contributed by atoms with Crippen molar-refractivity contribution in [1.82, 2.24) is 0 Å². The van der Waals surface area contributed by atoms with Crippen LogP contribution in [0.3, 0.4) is 0 Å². The normalized spacial score (nSPS) is 11.5. The van der Waals surface area contributed by atoms with E-state index in [-0.39, 0.29) is 0 Å². The number of benzene rings is 8. The molecule has 0 saturated heterocycles. The molecule has 0 radical (unpaired) electrons. The zero-order valence-electron chi connectivity index (χ0n) is 25.1. The molecule has 9 rings (SSSR count). The number of anilines is 3. The van der Waals surface area contributed by atoms with Gasteiger partial charge in [-0.25, -0.2) is 0 Å². The second-order valence-corrected chi connectivity index (χ2v) is 12.8. The molecule has 8 aromatic carbocycles. The molecule has 1 heterocycles. The van der Waals surface area contributed by atoms with E-state index in [4.69, 9.17) is 0 Å². The number of hydrogen-bond acceptors (Lipinski definition) is 2. The molecule has 1 aromatic heterocycles. The summed E-state index contributed by atoms with van der Waals surface area (Å²) in [7, 11) is 0. The Morgan fingerprint density at radius 2 is 0.957 bits per heavy atom. The summed E-state index contributed by atoms with van der Waals surface area (Å²) in [4.78, 5) is 2.44. The molecule has 216 valence electrons. The summed E-state index contributed by atoms with van der Waals surface area (Å²) in [5.74, 6) is 0. The molecule has 9 aromatic rings. The number of thiophene rings is 1. The van der Waals surface area contributed by atoms with Crippen molar-refractivity contribution in [3.63, 3.8) is 0 Å². The maximum atomic E-state index is 2.44. The van der Waals surface area contributed by atoms with Gasteiger partial charge in [0.25, 0.3) is 0 Å². The Bertz CT molecular complexity index is 2500. The van der Waals surface area contributed by atoms with Crippen LogP contribution in [0.15, 0.2) is 176 Å². The lowest BCUT2D eigenvalue weighted by molar-refractivity contribution is 1.30. The highest BCUT2D eigenvalue weighted by molar-refractivity contribution is 7.26. The Labute approximate surface area is 272 Å². The van der Waals surface area contributed by atoms with Crippen molar-refractivity contribution in [2.75, 3.05) is 4.90 Å². The summed E-state index contributed by atoms with van der Waals surface area (Å²) in [6.07, 6.45) is 0. The lowest BCUT2D eigenvalue weighted by Crippen LogP contribution is -2.10. The molecule has 0 aliphatic heterocycles. The summed E-state index contributed by atoms with van der Waals surface area (Å²) in [5.41, 5.74) is 8.34. The quantitative estimate of drug-likeness (QED) is 0.189. The maximum Gasteiger partial charge on any atom is 0.0561 e. The van der Waals surface area contributed by atoms with Crippen LogP contribution in [0.25, 0.3) is 64.0 Å². The highest BCUT2D eigenvalue weighted by Gasteiger charge is 2.21. The highest BCUT2D eigenvalue weighted by atomic mass is 32.1. The molecule has 1 nitrogen and oxygen atoms in total. The SMILES string of the molecule is c1ccc(-c2ccc(N(c3ccc(-c4cccc5ccccc45)cc3)c3cc4ccccc4c4sc5ccccc5c34)cc2)cc1. The van der Waals surface area contributed by atoms with Gasteiger partial charge in [0.2, 0.25) is 0 Å². The fraction of sp³-hybridized carbons (Fsp3) is 0. The largest absolute Gasteiger partial charge is 0.310 e. The first-order chi connectivity index (χ1) is 22.8. The standard InChI is InChI=1S/C44H29NS/c1-2-11-30(12-3-1)31-21-25-35(26-22-31)45(36-27-23-33(24-28-36)38-19-10-15-32-13-4-6-16-37(32)38)41-29-34-14-5-7-17-39(34)44-43(41)40-18-8-9-20-42(40)46-44/h1-29H. The van der Waals surface area contributed by atoms with E-state index in [1.807, 2.05) is 11.3 Å². The average molecular weight is 604 g/mol. The first-order valence-corrected chi connectivity index (χ1v) is 16.5. The fourth-order valence-corrected chi connectivity index (χ4v) is 8.10. The molecule has 0 unspecified atom stereocenters. The van der Waals surface area contributed by atoms with Crippen LogP contribution in [0.1, 0.15) is 0 Å². The molecule has 46 heavy (non-hydrogen) atoms. The molecule has 0 atom stereocenters. The molecular formula is C44H29NS. The second kappa shape index (κ2) is 11.0. The van der Waals surface area contributed by atoms with Gasteiger partial charge in [-0.2, -0.15) is 0 Å². The van der Waals surface area contributed by atoms with Crippen LogP contribution in [0, 0.1) is 0 Å². The third-order valence-electron chi connectivity index (χ3n) is 9.05. The summed E-state index contributed by atoms with van der Waals surface area (Å²) in [6.45, 7) is 0. The van der Waals surface area contributed by atoms with Crippen LogP contribution in [0.5, 0.6) is 0 Å². The number of rotatable bonds is 5. The van der Waals surface area contributed by atoms with E-state index in [1.165, 1.54) is 69.7 Å². The van der Waals surface area contributed by atoms with E-state index in [0.717, 1.165) is 11.4 Å². The Kier molecular flexibility index (Phi) is 6.40. The zero-order valence-corrected chi connectivity index (χ0v) is 25.9.